The number of para-hydroxylation sites is 2. The van der Waals surface area contributed by atoms with Gasteiger partial charge >= 0.3 is 0 Å². The van der Waals surface area contributed by atoms with Gasteiger partial charge in [0.15, 0.2) is 5.57 Å². The summed E-state index contributed by atoms with van der Waals surface area (Å²) in [6.45, 7) is 0. The van der Waals surface area contributed by atoms with Crippen LogP contribution in [0.5, 0.6) is 0 Å². The van der Waals surface area contributed by atoms with Crippen molar-refractivity contribution < 1.29 is 0 Å². The Morgan fingerprint density at radius 2 is 1.80 bits per heavy atom. The first-order valence-corrected chi connectivity index (χ1v) is 4.10. The lowest BCUT2D eigenvalue weighted by atomic mass is 10.2. The van der Waals surface area contributed by atoms with E-state index in [0.717, 1.165) is 0 Å². The van der Waals surface area contributed by atoms with Gasteiger partial charge in [0.1, 0.15) is 18.0 Å². The van der Waals surface area contributed by atoms with Crippen molar-refractivity contribution in [3.63, 3.8) is 0 Å². The molecule has 1 rings (SSSR count). The molecule has 0 saturated carbocycles. The number of nitrogen functional groups attached to an aromatic ring is 1. The summed E-state index contributed by atoms with van der Waals surface area (Å²) in [6.07, 6.45) is 0. The molecule has 0 spiro atoms. The Kier molecular flexibility index (Phi) is 3.15. The van der Waals surface area contributed by atoms with Crippen molar-refractivity contribution in [3.05, 3.63) is 35.7 Å². The van der Waals surface area contributed by atoms with Gasteiger partial charge < -0.3 is 16.8 Å². The molecule has 0 unspecified atom stereocenters. The number of nitriles is 2. The van der Waals surface area contributed by atoms with Crippen LogP contribution in [0.2, 0.25) is 0 Å². The molecule has 5 heteroatoms. The highest BCUT2D eigenvalue weighted by molar-refractivity contribution is 5.68. The number of hydrogen-bond acceptors (Lipinski definition) is 5. The van der Waals surface area contributed by atoms with Crippen LogP contribution in [0.4, 0.5) is 11.4 Å². The molecule has 0 radical (unpaired) electrons. The Bertz CT molecular complexity index is 459. The van der Waals surface area contributed by atoms with Crippen LogP contribution in [0.15, 0.2) is 35.7 Å². The van der Waals surface area contributed by atoms with E-state index in [0.29, 0.717) is 11.4 Å². The van der Waals surface area contributed by atoms with E-state index in [1.54, 1.807) is 36.4 Å². The minimum absolute atomic E-state index is 0.00194. The standard InChI is InChI=1S/C10H9N5/c11-5-7(6-12)10(14)15-9-4-2-1-3-8(9)13/h1-4,15H,13-14H2. The lowest BCUT2D eigenvalue weighted by molar-refractivity contribution is 1.27. The van der Waals surface area contributed by atoms with Gasteiger partial charge in [-0.05, 0) is 12.1 Å². The van der Waals surface area contributed by atoms with Gasteiger partial charge in [0.2, 0.25) is 0 Å². The third-order valence-electron chi connectivity index (χ3n) is 1.72. The first kappa shape index (κ1) is 10.4. The van der Waals surface area contributed by atoms with E-state index in [9.17, 15) is 0 Å². The van der Waals surface area contributed by atoms with Gasteiger partial charge in [-0.3, -0.25) is 0 Å². The maximum Gasteiger partial charge on any atom is 0.169 e. The zero-order valence-electron chi connectivity index (χ0n) is 7.86. The Balaban J connectivity index is 3.00. The lowest BCUT2D eigenvalue weighted by Crippen LogP contribution is -2.12. The SMILES string of the molecule is N#CC(C#N)=C(N)Nc1ccccc1N. The van der Waals surface area contributed by atoms with Gasteiger partial charge in [0.05, 0.1) is 11.4 Å². The number of nitrogens with one attached hydrogen (secondary N) is 1. The highest BCUT2D eigenvalue weighted by atomic mass is 15.0. The highest BCUT2D eigenvalue weighted by Crippen LogP contribution is 2.18. The fraction of sp³-hybridized carbons (Fsp3) is 0. The molecule has 5 N–H and O–H groups in total. The smallest absolute Gasteiger partial charge is 0.169 e. The third-order valence-corrected chi connectivity index (χ3v) is 1.72. The normalized spacial score (nSPS) is 8.40. The van der Waals surface area contributed by atoms with Gasteiger partial charge in [-0.1, -0.05) is 12.1 Å². The van der Waals surface area contributed by atoms with Crippen molar-refractivity contribution in [1.29, 1.82) is 10.5 Å². The number of hydrogen-bond donors (Lipinski definition) is 3. The van der Waals surface area contributed by atoms with Crippen molar-refractivity contribution >= 4 is 11.4 Å². The average Bonchev–Trinajstić information content (AvgIpc) is 2.23. The Morgan fingerprint density at radius 1 is 1.20 bits per heavy atom. The molecule has 0 aliphatic rings. The summed E-state index contributed by atoms with van der Waals surface area (Å²) in [4.78, 5) is 0. The number of rotatable bonds is 2. The van der Waals surface area contributed by atoms with Crippen LogP contribution in [-0.4, -0.2) is 0 Å². The fourth-order valence-electron chi connectivity index (χ4n) is 0.964. The Labute approximate surface area is 87.2 Å². The van der Waals surface area contributed by atoms with E-state index in [-0.39, 0.29) is 11.4 Å². The van der Waals surface area contributed by atoms with E-state index in [1.165, 1.54) is 0 Å². The van der Waals surface area contributed by atoms with Crippen LogP contribution in [-0.2, 0) is 0 Å². The second-order valence-electron chi connectivity index (χ2n) is 2.72. The van der Waals surface area contributed by atoms with Gasteiger partial charge in [0, 0.05) is 0 Å². The topological polar surface area (TPSA) is 112 Å². The van der Waals surface area contributed by atoms with Crippen LogP contribution in [0.1, 0.15) is 0 Å². The summed E-state index contributed by atoms with van der Waals surface area (Å²) < 4.78 is 0. The average molecular weight is 199 g/mol. The molecule has 0 fully saturated rings. The van der Waals surface area contributed by atoms with E-state index < -0.39 is 0 Å². The molecule has 0 bridgehead atoms. The molecular weight excluding hydrogens is 190 g/mol. The number of benzene rings is 1. The predicted molar refractivity (Wildman–Crippen MR) is 56.9 cm³/mol. The first-order chi connectivity index (χ1) is 7.19. The molecule has 0 aliphatic carbocycles. The van der Waals surface area contributed by atoms with Crippen molar-refractivity contribution in [2.24, 2.45) is 5.73 Å². The summed E-state index contributed by atoms with van der Waals surface area (Å²) in [5.74, 6) is -0.00194. The molecule has 1 aromatic carbocycles. The van der Waals surface area contributed by atoms with Crippen LogP contribution in [0, 0.1) is 22.7 Å². The maximum atomic E-state index is 8.56. The molecular formula is C10H9N5. The van der Waals surface area contributed by atoms with Crippen LogP contribution in [0.25, 0.3) is 0 Å². The van der Waals surface area contributed by atoms with E-state index in [2.05, 4.69) is 5.32 Å². The van der Waals surface area contributed by atoms with Crippen molar-refractivity contribution in [1.82, 2.24) is 0 Å². The number of anilines is 2. The van der Waals surface area contributed by atoms with Gasteiger partial charge in [-0.25, -0.2) is 0 Å². The summed E-state index contributed by atoms with van der Waals surface area (Å²) >= 11 is 0. The largest absolute Gasteiger partial charge is 0.397 e. The highest BCUT2D eigenvalue weighted by Gasteiger charge is 2.03. The van der Waals surface area contributed by atoms with Gasteiger partial charge in [0.25, 0.3) is 0 Å². The van der Waals surface area contributed by atoms with Crippen LogP contribution in [0.3, 0.4) is 0 Å². The van der Waals surface area contributed by atoms with Crippen molar-refractivity contribution in [2.45, 2.75) is 0 Å². The van der Waals surface area contributed by atoms with E-state index in [1.807, 2.05) is 0 Å². The van der Waals surface area contributed by atoms with Crippen molar-refractivity contribution in [2.75, 3.05) is 11.1 Å². The zero-order valence-corrected chi connectivity index (χ0v) is 7.86. The van der Waals surface area contributed by atoms with Crippen LogP contribution >= 0.6 is 0 Å². The second kappa shape index (κ2) is 4.54. The van der Waals surface area contributed by atoms with Crippen LogP contribution < -0.4 is 16.8 Å². The molecule has 0 atom stereocenters. The quantitative estimate of drug-likeness (QED) is 0.484. The monoisotopic (exact) mass is 199 g/mol. The number of nitrogens with zero attached hydrogens (tertiary/aromatic N) is 2. The lowest BCUT2D eigenvalue weighted by Gasteiger charge is -2.08. The summed E-state index contributed by atoms with van der Waals surface area (Å²) in [5.41, 5.74) is 12.0. The Morgan fingerprint density at radius 3 is 2.33 bits per heavy atom. The molecule has 5 nitrogen and oxygen atoms in total. The molecule has 74 valence electrons. The minimum Gasteiger partial charge on any atom is -0.397 e. The molecule has 0 aliphatic heterocycles. The van der Waals surface area contributed by atoms with E-state index >= 15 is 0 Å². The molecule has 1 aromatic rings. The second-order valence-corrected chi connectivity index (χ2v) is 2.72. The van der Waals surface area contributed by atoms with Gasteiger partial charge in [-0.2, -0.15) is 10.5 Å². The summed E-state index contributed by atoms with van der Waals surface area (Å²) in [7, 11) is 0. The maximum absolute atomic E-state index is 8.56. The number of allylic oxidation sites excluding steroid dienone is 1. The third kappa shape index (κ3) is 2.39. The predicted octanol–water partition coefficient (Wildman–Crippen LogP) is 0.898. The van der Waals surface area contributed by atoms with E-state index in [4.69, 9.17) is 22.0 Å². The van der Waals surface area contributed by atoms with Crippen molar-refractivity contribution in [3.8, 4) is 12.1 Å². The van der Waals surface area contributed by atoms with Gasteiger partial charge in [-0.15, -0.1) is 0 Å². The number of nitrogens with two attached hydrogens (primary N) is 2. The molecule has 0 saturated heterocycles. The summed E-state index contributed by atoms with van der Waals surface area (Å²) in [5, 5.41) is 19.8. The Hall–Kier alpha value is -2.66. The molecule has 0 aromatic heterocycles. The minimum atomic E-state index is -0.168. The first-order valence-electron chi connectivity index (χ1n) is 4.10. The molecule has 0 heterocycles. The summed E-state index contributed by atoms with van der Waals surface area (Å²) in [6, 6.07) is 10.3. The zero-order chi connectivity index (χ0) is 11.3. The fourth-order valence-corrected chi connectivity index (χ4v) is 0.964. The molecule has 0 amide bonds. The molecule has 15 heavy (non-hydrogen) atoms.